The topological polar surface area (TPSA) is 71.2 Å². The summed E-state index contributed by atoms with van der Waals surface area (Å²) >= 11 is 0. The number of benzene rings is 2. The molecule has 8 heteroatoms. The molecule has 2 aromatic carbocycles. The zero-order valence-corrected chi connectivity index (χ0v) is 12.6. The van der Waals surface area contributed by atoms with Gasteiger partial charge in [-0.1, -0.05) is 30.3 Å². The van der Waals surface area contributed by atoms with E-state index in [4.69, 9.17) is 0 Å². The van der Waals surface area contributed by atoms with Crippen molar-refractivity contribution in [2.24, 2.45) is 0 Å². The molecule has 0 unspecified atom stereocenters. The van der Waals surface area contributed by atoms with E-state index in [9.17, 15) is 22.8 Å². The second kappa shape index (κ2) is 6.31. The average molecular weight is 348 g/mol. The molecule has 0 atom stereocenters. The number of ether oxygens (including phenoxy) is 1. The fourth-order valence-electron chi connectivity index (χ4n) is 2.31. The van der Waals surface area contributed by atoms with Crippen LogP contribution in [0.1, 0.15) is 10.5 Å². The summed E-state index contributed by atoms with van der Waals surface area (Å²) in [4.78, 5) is 26.7. The lowest BCUT2D eigenvalue weighted by Crippen LogP contribution is -2.21. The van der Waals surface area contributed by atoms with Crippen LogP contribution in [0, 0.1) is 0 Å². The van der Waals surface area contributed by atoms with Crippen LogP contribution < -0.4 is 15.6 Å². The van der Waals surface area contributed by atoms with Gasteiger partial charge in [0.05, 0.1) is 5.69 Å². The Morgan fingerprint density at radius 2 is 1.72 bits per heavy atom. The third kappa shape index (κ3) is 3.79. The van der Waals surface area contributed by atoms with Crippen molar-refractivity contribution >= 4 is 22.4 Å². The van der Waals surface area contributed by atoms with E-state index in [1.165, 1.54) is 24.3 Å². The molecule has 5 nitrogen and oxygen atoms in total. The Balaban J connectivity index is 1.92. The molecule has 128 valence electrons. The van der Waals surface area contributed by atoms with Gasteiger partial charge in [0.1, 0.15) is 5.69 Å². The molecule has 0 aliphatic rings. The number of hydrogen-bond donors (Lipinski definition) is 2. The van der Waals surface area contributed by atoms with E-state index in [-0.39, 0.29) is 11.4 Å². The number of anilines is 1. The van der Waals surface area contributed by atoms with Crippen LogP contribution in [-0.4, -0.2) is 17.3 Å². The van der Waals surface area contributed by atoms with Crippen LogP contribution >= 0.6 is 0 Å². The number of halogens is 3. The van der Waals surface area contributed by atoms with E-state index >= 15 is 0 Å². The molecule has 0 saturated carbocycles. The molecule has 0 bridgehead atoms. The third-order valence-electron chi connectivity index (χ3n) is 3.36. The normalized spacial score (nSPS) is 11.3. The minimum Gasteiger partial charge on any atom is -0.404 e. The molecule has 1 heterocycles. The molecule has 2 N–H and O–H groups in total. The molecular weight excluding hydrogens is 337 g/mol. The SMILES string of the molecule is O=C(Nc1ccccc1OC(F)(F)F)c1cc2ccccc2c(=O)[nH]1. The van der Waals surface area contributed by atoms with E-state index in [1.807, 2.05) is 0 Å². The Labute approximate surface area is 139 Å². The molecule has 3 aromatic rings. The maximum Gasteiger partial charge on any atom is 0.573 e. The van der Waals surface area contributed by atoms with E-state index in [1.54, 1.807) is 24.3 Å². The number of pyridine rings is 1. The first-order valence-electron chi connectivity index (χ1n) is 7.12. The van der Waals surface area contributed by atoms with Gasteiger partial charge in [-0.3, -0.25) is 9.59 Å². The van der Waals surface area contributed by atoms with E-state index in [2.05, 4.69) is 15.0 Å². The van der Waals surface area contributed by atoms with Crippen LogP contribution in [0.4, 0.5) is 18.9 Å². The molecule has 25 heavy (non-hydrogen) atoms. The lowest BCUT2D eigenvalue weighted by molar-refractivity contribution is -0.274. The second-order valence-corrected chi connectivity index (χ2v) is 5.10. The first-order chi connectivity index (χ1) is 11.8. The molecule has 0 fully saturated rings. The van der Waals surface area contributed by atoms with E-state index in [0.29, 0.717) is 10.8 Å². The number of aromatic nitrogens is 1. The average Bonchev–Trinajstić information content (AvgIpc) is 2.55. The van der Waals surface area contributed by atoms with Gasteiger partial charge < -0.3 is 15.0 Å². The maximum atomic E-state index is 12.4. The van der Waals surface area contributed by atoms with Gasteiger partial charge in [0.15, 0.2) is 5.75 Å². The summed E-state index contributed by atoms with van der Waals surface area (Å²) in [5, 5.41) is 3.25. The van der Waals surface area contributed by atoms with Gasteiger partial charge in [-0.25, -0.2) is 0 Å². The van der Waals surface area contributed by atoms with Crippen LogP contribution in [-0.2, 0) is 0 Å². The predicted octanol–water partition coefficient (Wildman–Crippen LogP) is 3.68. The standard InChI is InChI=1S/C17H11F3N2O3/c18-17(19,20)25-14-8-4-3-7-12(14)21-16(24)13-9-10-5-1-2-6-11(10)15(23)22-13/h1-9H,(H,21,24)(H,22,23). The number of alkyl halides is 3. The Morgan fingerprint density at radius 1 is 1.04 bits per heavy atom. The summed E-state index contributed by atoms with van der Waals surface area (Å²) in [5.74, 6) is -1.31. The zero-order valence-electron chi connectivity index (χ0n) is 12.6. The van der Waals surface area contributed by atoms with Crippen molar-refractivity contribution in [2.45, 2.75) is 6.36 Å². The Hall–Kier alpha value is -3.29. The van der Waals surface area contributed by atoms with E-state index in [0.717, 1.165) is 6.07 Å². The van der Waals surface area contributed by atoms with Crippen molar-refractivity contribution in [2.75, 3.05) is 5.32 Å². The lowest BCUT2D eigenvalue weighted by atomic mass is 10.1. The highest BCUT2D eigenvalue weighted by Crippen LogP contribution is 2.30. The van der Waals surface area contributed by atoms with Crippen molar-refractivity contribution < 1.29 is 22.7 Å². The summed E-state index contributed by atoms with van der Waals surface area (Å²) < 4.78 is 41.2. The summed E-state index contributed by atoms with van der Waals surface area (Å²) in [6.45, 7) is 0. The number of fused-ring (bicyclic) bond motifs is 1. The largest absolute Gasteiger partial charge is 0.573 e. The monoisotopic (exact) mass is 348 g/mol. The summed E-state index contributed by atoms with van der Waals surface area (Å²) in [5.41, 5.74) is -0.715. The van der Waals surface area contributed by atoms with Crippen LogP contribution in [0.2, 0.25) is 0 Å². The van der Waals surface area contributed by atoms with Crippen molar-refractivity contribution in [3.63, 3.8) is 0 Å². The highest BCUT2D eigenvalue weighted by Gasteiger charge is 2.32. The van der Waals surface area contributed by atoms with Crippen LogP contribution in [0.15, 0.2) is 59.4 Å². The molecule has 0 aliphatic heterocycles. The number of carbonyl (C=O) groups excluding carboxylic acids is 1. The zero-order chi connectivity index (χ0) is 18.0. The minimum atomic E-state index is -4.89. The quantitative estimate of drug-likeness (QED) is 0.758. The van der Waals surface area contributed by atoms with Gasteiger partial charge in [0, 0.05) is 5.39 Å². The smallest absolute Gasteiger partial charge is 0.404 e. The van der Waals surface area contributed by atoms with Crippen molar-refractivity contribution in [1.29, 1.82) is 0 Å². The Bertz CT molecular complexity index is 996. The van der Waals surface area contributed by atoms with Crippen molar-refractivity contribution in [3.05, 3.63) is 70.6 Å². The number of H-pyrrole nitrogens is 1. The molecule has 0 spiro atoms. The molecule has 1 amide bonds. The molecular formula is C17H11F3N2O3. The Kier molecular flexibility index (Phi) is 4.18. The molecule has 3 rings (SSSR count). The van der Waals surface area contributed by atoms with Gasteiger partial charge >= 0.3 is 6.36 Å². The summed E-state index contributed by atoms with van der Waals surface area (Å²) in [6, 6.07) is 13.2. The molecule has 0 saturated heterocycles. The van der Waals surface area contributed by atoms with Crippen LogP contribution in [0.5, 0.6) is 5.75 Å². The maximum absolute atomic E-state index is 12.4. The highest BCUT2D eigenvalue weighted by molar-refractivity contribution is 6.05. The van der Waals surface area contributed by atoms with Crippen molar-refractivity contribution in [1.82, 2.24) is 4.98 Å². The Morgan fingerprint density at radius 3 is 2.48 bits per heavy atom. The fourth-order valence-corrected chi connectivity index (χ4v) is 2.31. The number of amides is 1. The first kappa shape index (κ1) is 16.6. The van der Waals surface area contributed by atoms with Gasteiger partial charge in [-0.15, -0.1) is 13.2 Å². The van der Waals surface area contributed by atoms with Crippen LogP contribution in [0.3, 0.4) is 0 Å². The number of rotatable bonds is 3. The number of aromatic amines is 1. The molecule has 0 aliphatic carbocycles. The van der Waals surface area contributed by atoms with Gasteiger partial charge in [0.2, 0.25) is 0 Å². The highest BCUT2D eigenvalue weighted by atomic mass is 19.4. The van der Waals surface area contributed by atoms with Gasteiger partial charge in [-0.2, -0.15) is 0 Å². The number of carbonyl (C=O) groups is 1. The van der Waals surface area contributed by atoms with Crippen LogP contribution in [0.25, 0.3) is 10.8 Å². The van der Waals surface area contributed by atoms with Gasteiger partial charge in [-0.05, 0) is 29.7 Å². The molecule has 1 aromatic heterocycles. The second-order valence-electron chi connectivity index (χ2n) is 5.10. The number of nitrogens with one attached hydrogen (secondary N) is 2. The minimum absolute atomic E-state index is 0.0782. The van der Waals surface area contributed by atoms with E-state index < -0.39 is 23.6 Å². The fraction of sp³-hybridized carbons (Fsp3) is 0.0588. The van der Waals surface area contributed by atoms with Gasteiger partial charge in [0.25, 0.3) is 11.5 Å². The number of hydrogen-bond acceptors (Lipinski definition) is 3. The summed E-state index contributed by atoms with van der Waals surface area (Å²) in [6.07, 6.45) is -4.89. The third-order valence-corrected chi connectivity index (χ3v) is 3.36. The first-order valence-corrected chi connectivity index (χ1v) is 7.12. The predicted molar refractivity (Wildman–Crippen MR) is 85.6 cm³/mol. The lowest BCUT2D eigenvalue weighted by Gasteiger charge is -2.13. The summed E-state index contributed by atoms with van der Waals surface area (Å²) in [7, 11) is 0. The molecule has 0 radical (unpaired) electrons. The number of para-hydroxylation sites is 2. The van der Waals surface area contributed by atoms with Crippen molar-refractivity contribution in [3.8, 4) is 5.75 Å².